The van der Waals surface area contributed by atoms with Crippen molar-refractivity contribution in [2.75, 3.05) is 0 Å². The van der Waals surface area contributed by atoms with E-state index in [1.807, 2.05) is 30.3 Å². The number of benzene rings is 2. The number of nitrogens with zero attached hydrogens (tertiary/aromatic N) is 4. The molecule has 0 aliphatic carbocycles. The normalized spacial score (nSPS) is 10.7. The van der Waals surface area contributed by atoms with E-state index in [1.165, 1.54) is 4.80 Å². The Morgan fingerprint density at radius 2 is 1.85 bits per heavy atom. The molecule has 1 heterocycles. The molecular formula is C14H11ClN4O. The zero-order valence-electron chi connectivity index (χ0n) is 10.4. The molecule has 1 aromatic heterocycles. The summed E-state index contributed by atoms with van der Waals surface area (Å²) in [6, 6.07) is 14.8. The number of tetrazole rings is 1. The van der Waals surface area contributed by atoms with Crippen molar-refractivity contribution in [2.45, 2.75) is 6.61 Å². The minimum atomic E-state index is -0.183. The predicted molar refractivity (Wildman–Crippen MR) is 75.5 cm³/mol. The first-order valence-electron chi connectivity index (χ1n) is 6.03. The van der Waals surface area contributed by atoms with E-state index in [0.29, 0.717) is 22.1 Å². The summed E-state index contributed by atoms with van der Waals surface area (Å²) in [6.45, 7) is -0.183. The van der Waals surface area contributed by atoms with Crippen molar-refractivity contribution in [2.24, 2.45) is 0 Å². The number of halogens is 1. The van der Waals surface area contributed by atoms with E-state index in [1.54, 1.807) is 18.2 Å². The quantitative estimate of drug-likeness (QED) is 0.803. The van der Waals surface area contributed by atoms with Gasteiger partial charge in [-0.2, -0.15) is 0 Å². The summed E-state index contributed by atoms with van der Waals surface area (Å²) in [7, 11) is 0. The molecule has 5 nitrogen and oxygen atoms in total. The molecule has 0 aliphatic heterocycles. The molecule has 0 aliphatic rings. The van der Waals surface area contributed by atoms with Crippen LogP contribution in [-0.2, 0) is 6.61 Å². The number of hydrogen-bond acceptors (Lipinski definition) is 4. The molecule has 3 aromatic rings. The van der Waals surface area contributed by atoms with Gasteiger partial charge in [-0.15, -0.1) is 15.0 Å². The van der Waals surface area contributed by atoms with Gasteiger partial charge < -0.3 is 5.11 Å². The third kappa shape index (κ3) is 2.29. The molecule has 0 spiro atoms. The van der Waals surface area contributed by atoms with Gasteiger partial charge in [-0.05, 0) is 17.3 Å². The Balaban J connectivity index is 2.05. The number of rotatable bonds is 3. The van der Waals surface area contributed by atoms with Crippen LogP contribution in [0.2, 0.25) is 5.02 Å². The van der Waals surface area contributed by atoms with Gasteiger partial charge in [0.1, 0.15) is 0 Å². The van der Waals surface area contributed by atoms with Gasteiger partial charge in [-0.25, -0.2) is 0 Å². The van der Waals surface area contributed by atoms with Crippen molar-refractivity contribution in [1.29, 1.82) is 0 Å². The Hall–Kier alpha value is -2.24. The molecule has 100 valence electrons. The lowest BCUT2D eigenvalue weighted by atomic mass is 10.2. The zero-order valence-corrected chi connectivity index (χ0v) is 11.2. The van der Waals surface area contributed by atoms with E-state index in [4.69, 9.17) is 11.6 Å². The molecule has 0 unspecified atom stereocenters. The molecule has 0 bridgehead atoms. The van der Waals surface area contributed by atoms with Crippen molar-refractivity contribution in [3.05, 3.63) is 59.1 Å². The van der Waals surface area contributed by atoms with Crippen LogP contribution >= 0.6 is 11.6 Å². The molecule has 0 radical (unpaired) electrons. The highest BCUT2D eigenvalue weighted by molar-refractivity contribution is 6.31. The van der Waals surface area contributed by atoms with Gasteiger partial charge in [0.05, 0.1) is 12.3 Å². The molecular weight excluding hydrogens is 276 g/mol. The van der Waals surface area contributed by atoms with E-state index < -0.39 is 0 Å². The zero-order chi connectivity index (χ0) is 13.9. The molecule has 0 saturated heterocycles. The monoisotopic (exact) mass is 286 g/mol. The van der Waals surface area contributed by atoms with Crippen LogP contribution in [0, 0.1) is 0 Å². The van der Waals surface area contributed by atoms with E-state index in [9.17, 15) is 5.11 Å². The number of aliphatic hydroxyl groups excluding tert-OH is 1. The Morgan fingerprint density at radius 1 is 1.05 bits per heavy atom. The summed E-state index contributed by atoms with van der Waals surface area (Å²) < 4.78 is 0. The van der Waals surface area contributed by atoms with Crippen LogP contribution in [0.1, 0.15) is 5.56 Å². The first-order chi connectivity index (χ1) is 9.79. The van der Waals surface area contributed by atoms with Crippen LogP contribution in [0.4, 0.5) is 0 Å². The number of hydrogen-bond donors (Lipinski definition) is 1. The first kappa shape index (κ1) is 12.8. The fourth-order valence-electron chi connectivity index (χ4n) is 1.91. The molecule has 0 fully saturated rings. The molecule has 2 aromatic carbocycles. The maximum absolute atomic E-state index is 9.41. The molecule has 20 heavy (non-hydrogen) atoms. The number of aliphatic hydroxyl groups is 1. The molecule has 0 amide bonds. The van der Waals surface area contributed by atoms with E-state index in [2.05, 4.69) is 15.4 Å². The highest BCUT2D eigenvalue weighted by Crippen LogP contribution is 2.23. The van der Waals surface area contributed by atoms with Gasteiger partial charge in [-0.1, -0.05) is 48.0 Å². The first-order valence-corrected chi connectivity index (χ1v) is 6.41. The molecule has 1 N–H and O–H groups in total. The smallest absolute Gasteiger partial charge is 0.205 e. The van der Waals surface area contributed by atoms with Crippen molar-refractivity contribution < 1.29 is 5.11 Å². The summed E-state index contributed by atoms with van der Waals surface area (Å²) in [5.41, 5.74) is 2.08. The van der Waals surface area contributed by atoms with Crippen LogP contribution in [0.3, 0.4) is 0 Å². The highest BCUT2D eigenvalue weighted by atomic mass is 35.5. The summed E-state index contributed by atoms with van der Waals surface area (Å²) >= 11 is 6.05. The largest absolute Gasteiger partial charge is 0.392 e. The van der Waals surface area contributed by atoms with E-state index in [-0.39, 0.29) is 6.61 Å². The standard InChI is InChI=1S/C14H11ClN4O/c15-12-7-4-8-13(11(12)9-20)19-17-14(16-18-19)10-5-2-1-3-6-10/h1-8,20H,9H2. The highest BCUT2D eigenvalue weighted by Gasteiger charge is 2.12. The summed E-state index contributed by atoms with van der Waals surface area (Å²) in [6.07, 6.45) is 0. The van der Waals surface area contributed by atoms with Crippen LogP contribution in [0.5, 0.6) is 0 Å². The van der Waals surface area contributed by atoms with Gasteiger partial charge in [0.15, 0.2) is 0 Å². The van der Waals surface area contributed by atoms with Crippen molar-refractivity contribution in [1.82, 2.24) is 20.2 Å². The maximum Gasteiger partial charge on any atom is 0.205 e. The SMILES string of the molecule is OCc1c(Cl)cccc1-n1nnc(-c2ccccc2)n1. The summed E-state index contributed by atoms with van der Waals surface area (Å²) in [5, 5.41) is 22.3. The molecule has 6 heteroatoms. The summed E-state index contributed by atoms with van der Waals surface area (Å²) in [4.78, 5) is 1.37. The molecule has 0 saturated carbocycles. The van der Waals surface area contributed by atoms with Gasteiger partial charge in [0, 0.05) is 16.1 Å². The second-order valence-corrected chi connectivity index (χ2v) is 4.57. The van der Waals surface area contributed by atoms with Crippen LogP contribution in [-0.4, -0.2) is 25.3 Å². The van der Waals surface area contributed by atoms with Gasteiger partial charge >= 0.3 is 0 Å². The molecule has 3 rings (SSSR count). The summed E-state index contributed by atoms with van der Waals surface area (Å²) in [5.74, 6) is 0.523. The average molecular weight is 287 g/mol. The van der Waals surface area contributed by atoms with Crippen LogP contribution in [0.25, 0.3) is 17.1 Å². The second kappa shape index (κ2) is 5.40. The maximum atomic E-state index is 9.41. The lowest BCUT2D eigenvalue weighted by Crippen LogP contribution is -2.04. The second-order valence-electron chi connectivity index (χ2n) is 4.16. The van der Waals surface area contributed by atoms with Crippen LogP contribution in [0.15, 0.2) is 48.5 Å². The topological polar surface area (TPSA) is 63.8 Å². The van der Waals surface area contributed by atoms with Crippen molar-refractivity contribution in [3.8, 4) is 17.1 Å². The Labute approximate surface area is 120 Å². The van der Waals surface area contributed by atoms with Crippen molar-refractivity contribution in [3.63, 3.8) is 0 Å². The Kier molecular flexibility index (Phi) is 3.45. The number of aromatic nitrogens is 4. The van der Waals surface area contributed by atoms with Crippen LogP contribution < -0.4 is 0 Å². The lowest BCUT2D eigenvalue weighted by molar-refractivity contribution is 0.281. The fraction of sp³-hybridized carbons (Fsp3) is 0.0714. The third-order valence-electron chi connectivity index (χ3n) is 2.91. The van der Waals surface area contributed by atoms with Gasteiger partial charge in [-0.3, -0.25) is 0 Å². The van der Waals surface area contributed by atoms with Gasteiger partial charge in [0.2, 0.25) is 5.82 Å². The fourth-order valence-corrected chi connectivity index (χ4v) is 2.14. The van der Waals surface area contributed by atoms with E-state index >= 15 is 0 Å². The average Bonchev–Trinajstić information content (AvgIpc) is 2.97. The Morgan fingerprint density at radius 3 is 2.60 bits per heavy atom. The minimum Gasteiger partial charge on any atom is -0.392 e. The minimum absolute atomic E-state index is 0.183. The predicted octanol–water partition coefficient (Wildman–Crippen LogP) is 2.47. The van der Waals surface area contributed by atoms with E-state index in [0.717, 1.165) is 5.56 Å². The third-order valence-corrected chi connectivity index (χ3v) is 3.27. The lowest BCUT2D eigenvalue weighted by Gasteiger charge is -2.06. The Bertz CT molecular complexity index is 727. The van der Waals surface area contributed by atoms with Gasteiger partial charge in [0.25, 0.3) is 0 Å². The van der Waals surface area contributed by atoms with Crippen molar-refractivity contribution >= 4 is 11.6 Å². The molecule has 0 atom stereocenters.